The van der Waals surface area contributed by atoms with Crippen molar-refractivity contribution < 1.29 is 23.9 Å². The monoisotopic (exact) mass is 360 g/mol. The zero-order valence-corrected chi connectivity index (χ0v) is 15.5. The van der Waals surface area contributed by atoms with Crippen LogP contribution in [0.5, 0.6) is 0 Å². The van der Waals surface area contributed by atoms with E-state index in [9.17, 15) is 14.4 Å². The lowest BCUT2D eigenvalue weighted by Crippen LogP contribution is -2.47. The highest BCUT2D eigenvalue weighted by molar-refractivity contribution is 5.86. The van der Waals surface area contributed by atoms with Crippen molar-refractivity contribution in [2.45, 2.75) is 32.7 Å². The van der Waals surface area contributed by atoms with Gasteiger partial charge in [-0.3, -0.25) is 14.4 Å². The summed E-state index contributed by atoms with van der Waals surface area (Å²) in [7, 11) is 1.86. The number of hydrogen-bond acceptors (Lipinski definition) is 6. The molecule has 0 bridgehead atoms. The highest BCUT2D eigenvalue weighted by Crippen LogP contribution is 1.97. The van der Waals surface area contributed by atoms with E-state index in [1.165, 1.54) is 13.8 Å². The Hall–Kier alpha value is -1.71. The largest absolute Gasteiger partial charge is 0.378 e. The molecule has 9 nitrogen and oxygen atoms in total. The SMILES string of the molecule is CNCCOCCOCCNC(=O)C(CCCNC(C)=O)NC(C)=O. The first-order chi connectivity index (χ1) is 12.0. The predicted octanol–water partition coefficient (Wildman–Crippen LogP) is -1.22. The van der Waals surface area contributed by atoms with Crippen LogP contribution in [0.15, 0.2) is 0 Å². The molecule has 3 amide bonds. The van der Waals surface area contributed by atoms with Crippen molar-refractivity contribution >= 4 is 17.7 Å². The van der Waals surface area contributed by atoms with Gasteiger partial charge in [-0.05, 0) is 19.9 Å². The van der Waals surface area contributed by atoms with Crippen LogP contribution in [0.25, 0.3) is 0 Å². The minimum atomic E-state index is -0.615. The Labute approximate surface area is 149 Å². The molecule has 0 aromatic rings. The van der Waals surface area contributed by atoms with Gasteiger partial charge >= 0.3 is 0 Å². The molecule has 0 saturated heterocycles. The molecule has 0 radical (unpaired) electrons. The van der Waals surface area contributed by atoms with E-state index >= 15 is 0 Å². The zero-order chi connectivity index (χ0) is 18.9. The smallest absolute Gasteiger partial charge is 0.242 e. The fourth-order valence-corrected chi connectivity index (χ4v) is 1.95. The molecule has 146 valence electrons. The van der Waals surface area contributed by atoms with Crippen LogP contribution in [0.2, 0.25) is 0 Å². The molecule has 0 aliphatic heterocycles. The molecule has 1 unspecified atom stereocenters. The van der Waals surface area contributed by atoms with Crippen LogP contribution >= 0.6 is 0 Å². The Morgan fingerprint density at radius 2 is 1.48 bits per heavy atom. The average molecular weight is 360 g/mol. The first-order valence-corrected chi connectivity index (χ1v) is 8.56. The second kappa shape index (κ2) is 15.8. The quantitative estimate of drug-likeness (QED) is 0.272. The normalized spacial score (nSPS) is 11.6. The van der Waals surface area contributed by atoms with E-state index in [0.717, 1.165) is 6.54 Å². The summed E-state index contributed by atoms with van der Waals surface area (Å²) in [5.74, 6) is -0.644. The number of amides is 3. The van der Waals surface area contributed by atoms with Gasteiger partial charge in [-0.25, -0.2) is 0 Å². The maximum atomic E-state index is 12.1. The van der Waals surface area contributed by atoms with Gasteiger partial charge in [0, 0.05) is 33.5 Å². The third kappa shape index (κ3) is 15.6. The molecule has 25 heavy (non-hydrogen) atoms. The molecule has 0 aliphatic carbocycles. The minimum absolute atomic E-state index is 0.118. The van der Waals surface area contributed by atoms with Gasteiger partial charge in [0.05, 0.1) is 26.4 Å². The van der Waals surface area contributed by atoms with Crippen LogP contribution in [0.3, 0.4) is 0 Å². The number of carbonyl (C=O) groups is 3. The Bertz CT molecular complexity index is 393. The Kier molecular flexibility index (Phi) is 14.7. The summed E-state index contributed by atoms with van der Waals surface area (Å²) in [5.41, 5.74) is 0. The Balaban J connectivity index is 3.85. The molecule has 0 fully saturated rings. The molecule has 0 saturated carbocycles. The first kappa shape index (κ1) is 23.3. The van der Waals surface area contributed by atoms with Crippen molar-refractivity contribution in [2.75, 3.05) is 53.1 Å². The number of nitrogens with one attached hydrogen (secondary N) is 4. The fraction of sp³-hybridized carbons (Fsp3) is 0.812. The topological polar surface area (TPSA) is 118 Å². The number of likely N-dealkylation sites (N-methyl/N-ethyl adjacent to an activating group) is 1. The molecule has 9 heteroatoms. The van der Waals surface area contributed by atoms with Gasteiger partial charge in [-0.1, -0.05) is 0 Å². The van der Waals surface area contributed by atoms with Crippen molar-refractivity contribution in [1.82, 2.24) is 21.3 Å². The van der Waals surface area contributed by atoms with Gasteiger partial charge < -0.3 is 30.7 Å². The molecule has 0 aliphatic rings. The van der Waals surface area contributed by atoms with Crippen LogP contribution in [-0.4, -0.2) is 76.9 Å². The van der Waals surface area contributed by atoms with E-state index in [1.54, 1.807) is 0 Å². The standard InChI is InChI=1S/C16H32N4O5/c1-13(21)18-6-4-5-15(20-14(2)22)16(23)19-8-10-25-12-11-24-9-7-17-3/h15,17H,4-12H2,1-3H3,(H,18,21)(H,19,23)(H,20,22). The lowest BCUT2D eigenvalue weighted by Gasteiger charge is -2.17. The summed E-state index contributed by atoms with van der Waals surface area (Å²) < 4.78 is 10.7. The maximum absolute atomic E-state index is 12.1. The van der Waals surface area contributed by atoms with E-state index in [0.29, 0.717) is 52.4 Å². The van der Waals surface area contributed by atoms with Gasteiger partial charge in [0.15, 0.2) is 0 Å². The van der Waals surface area contributed by atoms with Crippen molar-refractivity contribution in [1.29, 1.82) is 0 Å². The summed E-state index contributed by atoms with van der Waals surface area (Å²) in [6.07, 6.45) is 1.05. The van der Waals surface area contributed by atoms with Gasteiger partial charge in [0.25, 0.3) is 0 Å². The Morgan fingerprint density at radius 1 is 0.840 bits per heavy atom. The molecule has 0 heterocycles. The van der Waals surface area contributed by atoms with Gasteiger partial charge in [-0.15, -0.1) is 0 Å². The van der Waals surface area contributed by atoms with E-state index in [-0.39, 0.29) is 17.7 Å². The third-order valence-electron chi connectivity index (χ3n) is 3.15. The average Bonchev–Trinajstić information content (AvgIpc) is 2.55. The second-order valence-electron chi connectivity index (χ2n) is 5.50. The molecule has 4 N–H and O–H groups in total. The van der Waals surface area contributed by atoms with Crippen LogP contribution in [0, 0.1) is 0 Å². The molecule has 0 spiro atoms. The van der Waals surface area contributed by atoms with E-state index in [1.807, 2.05) is 7.05 Å². The van der Waals surface area contributed by atoms with Crippen LogP contribution in [0.4, 0.5) is 0 Å². The lowest BCUT2D eigenvalue weighted by atomic mass is 10.1. The van der Waals surface area contributed by atoms with E-state index in [2.05, 4.69) is 21.3 Å². The van der Waals surface area contributed by atoms with Crippen molar-refractivity contribution in [3.63, 3.8) is 0 Å². The van der Waals surface area contributed by atoms with E-state index < -0.39 is 6.04 Å². The second-order valence-corrected chi connectivity index (χ2v) is 5.50. The van der Waals surface area contributed by atoms with Crippen molar-refractivity contribution in [3.8, 4) is 0 Å². The van der Waals surface area contributed by atoms with Crippen molar-refractivity contribution in [2.24, 2.45) is 0 Å². The number of hydrogen-bond donors (Lipinski definition) is 4. The lowest BCUT2D eigenvalue weighted by molar-refractivity contribution is -0.128. The highest BCUT2D eigenvalue weighted by Gasteiger charge is 2.18. The van der Waals surface area contributed by atoms with Gasteiger partial charge in [0.2, 0.25) is 17.7 Å². The highest BCUT2D eigenvalue weighted by atomic mass is 16.5. The number of rotatable bonds is 15. The third-order valence-corrected chi connectivity index (χ3v) is 3.15. The summed E-state index contributed by atoms with van der Waals surface area (Å²) in [6, 6.07) is -0.615. The first-order valence-electron chi connectivity index (χ1n) is 8.56. The maximum Gasteiger partial charge on any atom is 0.242 e. The summed E-state index contributed by atoms with van der Waals surface area (Å²) in [4.78, 5) is 34.1. The zero-order valence-electron chi connectivity index (χ0n) is 15.5. The Morgan fingerprint density at radius 3 is 2.04 bits per heavy atom. The fourth-order valence-electron chi connectivity index (χ4n) is 1.95. The minimum Gasteiger partial charge on any atom is -0.378 e. The summed E-state index contributed by atoms with van der Waals surface area (Å²) in [5, 5.41) is 11.0. The molecular formula is C16H32N4O5. The van der Waals surface area contributed by atoms with Crippen LogP contribution < -0.4 is 21.3 Å². The summed E-state index contributed by atoms with van der Waals surface area (Å²) >= 11 is 0. The number of ether oxygens (including phenoxy) is 2. The van der Waals surface area contributed by atoms with Crippen LogP contribution in [0.1, 0.15) is 26.7 Å². The molecule has 0 rings (SSSR count). The summed E-state index contributed by atoms with van der Waals surface area (Å²) in [6.45, 7) is 6.40. The van der Waals surface area contributed by atoms with Crippen LogP contribution in [-0.2, 0) is 23.9 Å². The van der Waals surface area contributed by atoms with Crippen molar-refractivity contribution in [3.05, 3.63) is 0 Å². The van der Waals surface area contributed by atoms with E-state index in [4.69, 9.17) is 9.47 Å². The van der Waals surface area contributed by atoms with Gasteiger partial charge in [-0.2, -0.15) is 0 Å². The molecule has 0 aromatic heterocycles. The number of carbonyl (C=O) groups excluding carboxylic acids is 3. The molecule has 1 atom stereocenters. The van der Waals surface area contributed by atoms with Gasteiger partial charge in [0.1, 0.15) is 6.04 Å². The predicted molar refractivity (Wildman–Crippen MR) is 94.1 cm³/mol. The molecule has 0 aromatic carbocycles. The molecular weight excluding hydrogens is 328 g/mol.